The predicted octanol–water partition coefficient (Wildman–Crippen LogP) is 2.83. The molecule has 0 saturated carbocycles. The molecule has 0 bridgehead atoms. The number of carbonyl (C=O) groups is 2. The topological polar surface area (TPSA) is 101 Å². The monoisotopic (exact) mass is 552 g/mol. The Kier molecular flexibility index (Phi) is 7.21. The summed E-state index contributed by atoms with van der Waals surface area (Å²) in [6, 6.07) is 21.7. The van der Waals surface area contributed by atoms with Crippen LogP contribution in [-0.4, -0.2) is 72.6 Å². The van der Waals surface area contributed by atoms with Crippen LogP contribution in [0.5, 0.6) is 0 Å². The normalized spacial score (nSPS) is 20.7. The zero-order valence-electron chi connectivity index (χ0n) is 23.1. The van der Waals surface area contributed by atoms with Gasteiger partial charge < -0.3 is 19.5 Å². The third-order valence-corrected chi connectivity index (χ3v) is 8.72. The molecule has 2 amide bonds. The van der Waals surface area contributed by atoms with E-state index in [1.807, 2.05) is 53.2 Å². The van der Waals surface area contributed by atoms with E-state index in [2.05, 4.69) is 11.1 Å². The van der Waals surface area contributed by atoms with Gasteiger partial charge >= 0.3 is 0 Å². The summed E-state index contributed by atoms with van der Waals surface area (Å²) in [5.74, 6) is -0.375. The van der Waals surface area contributed by atoms with Crippen molar-refractivity contribution in [3.05, 3.63) is 101 Å². The number of likely N-dealkylation sites (tertiary alicyclic amines) is 2. The van der Waals surface area contributed by atoms with E-state index in [0.717, 1.165) is 5.56 Å². The molecule has 2 aliphatic rings. The van der Waals surface area contributed by atoms with Crippen molar-refractivity contribution >= 4 is 22.8 Å². The lowest BCUT2D eigenvalue weighted by molar-refractivity contribution is -0.142. The molecule has 2 fully saturated rings. The SMILES string of the molecule is Cn1ccc2c(=O)n(CC3(O)CCN(C(=O)[C@@H]4CCN(C(=O)c5c[c]ccc5)C[C@H]4c4ccccc4)CC3)cnc21. The van der Waals surface area contributed by atoms with Gasteiger partial charge in [0.2, 0.25) is 5.91 Å². The van der Waals surface area contributed by atoms with Gasteiger partial charge in [-0.1, -0.05) is 42.5 Å². The summed E-state index contributed by atoms with van der Waals surface area (Å²) < 4.78 is 3.27. The first-order valence-corrected chi connectivity index (χ1v) is 14.1. The second-order valence-electron chi connectivity index (χ2n) is 11.3. The maximum atomic E-state index is 13.9. The fourth-order valence-electron chi connectivity index (χ4n) is 6.33. The molecule has 9 heteroatoms. The molecule has 9 nitrogen and oxygen atoms in total. The number of aromatic nitrogens is 3. The molecule has 1 radical (unpaired) electrons. The van der Waals surface area contributed by atoms with Crippen LogP contribution in [0.1, 0.15) is 41.1 Å². The van der Waals surface area contributed by atoms with Crippen LogP contribution in [-0.2, 0) is 18.4 Å². The second kappa shape index (κ2) is 11.0. The minimum atomic E-state index is -1.11. The molecule has 2 aromatic carbocycles. The predicted molar refractivity (Wildman–Crippen MR) is 154 cm³/mol. The van der Waals surface area contributed by atoms with Gasteiger partial charge in [-0.15, -0.1) is 0 Å². The number of hydrogen-bond donors (Lipinski definition) is 1. The first-order chi connectivity index (χ1) is 19.8. The van der Waals surface area contributed by atoms with E-state index in [1.54, 1.807) is 35.0 Å². The molecule has 2 saturated heterocycles. The lowest BCUT2D eigenvalue weighted by atomic mass is 9.79. The average molecular weight is 553 g/mol. The molecule has 211 valence electrons. The molecular formula is C32H34N5O4. The van der Waals surface area contributed by atoms with E-state index in [4.69, 9.17) is 0 Å². The zero-order valence-corrected chi connectivity index (χ0v) is 23.1. The van der Waals surface area contributed by atoms with Crippen molar-refractivity contribution < 1.29 is 14.7 Å². The van der Waals surface area contributed by atoms with Crippen molar-refractivity contribution in [1.82, 2.24) is 23.9 Å². The number of rotatable bonds is 5. The van der Waals surface area contributed by atoms with Gasteiger partial charge in [0.15, 0.2) is 0 Å². The Hall–Kier alpha value is -4.24. The Morgan fingerprint density at radius 2 is 1.83 bits per heavy atom. The Morgan fingerprint density at radius 3 is 2.56 bits per heavy atom. The van der Waals surface area contributed by atoms with E-state index >= 15 is 0 Å². The first kappa shape index (κ1) is 27.0. The van der Waals surface area contributed by atoms with Gasteiger partial charge in [0.05, 0.1) is 17.5 Å². The quantitative estimate of drug-likeness (QED) is 0.411. The Bertz CT molecular complexity index is 1610. The van der Waals surface area contributed by atoms with E-state index in [0.29, 0.717) is 62.0 Å². The molecule has 1 N–H and O–H groups in total. The maximum Gasteiger partial charge on any atom is 0.262 e. The van der Waals surface area contributed by atoms with Crippen molar-refractivity contribution in [3.8, 4) is 0 Å². The summed E-state index contributed by atoms with van der Waals surface area (Å²) in [7, 11) is 1.84. The van der Waals surface area contributed by atoms with Gasteiger partial charge in [0.25, 0.3) is 11.5 Å². The van der Waals surface area contributed by atoms with Gasteiger partial charge in [-0.2, -0.15) is 0 Å². The molecule has 0 aliphatic carbocycles. The van der Waals surface area contributed by atoms with Crippen molar-refractivity contribution in [2.24, 2.45) is 13.0 Å². The van der Waals surface area contributed by atoms with Gasteiger partial charge in [-0.3, -0.25) is 19.0 Å². The summed E-state index contributed by atoms with van der Waals surface area (Å²) in [5, 5.41) is 11.9. The van der Waals surface area contributed by atoms with Crippen LogP contribution >= 0.6 is 0 Å². The van der Waals surface area contributed by atoms with Crippen molar-refractivity contribution in [3.63, 3.8) is 0 Å². The molecule has 4 heterocycles. The molecule has 0 spiro atoms. The second-order valence-corrected chi connectivity index (χ2v) is 11.3. The van der Waals surface area contributed by atoms with E-state index < -0.39 is 5.60 Å². The molecule has 2 atom stereocenters. The van der Waals surface area contributed by atoms with Gasteiger partial charge in [0, 0.05) is 56.8 Å². The number of piperidine rings is 2. The number of hydrogen-bond acceptors (Lipinski definition) is 5. The van der Waals surface area contributed by atoms with Crippen molar-refractivity contribution in [1.29, 1.82) is 0 Å². The average Bonchev–Trinajstić information content (AvgIpc) is 3.40. The molecule has 41 heavy (non-hydrogen) atoms. The van der Waals surface area contributed by atoms with Crippen molar-refractivity contribution in [2.45, 2.75) is 37.3 Å². The highest BCUT2D eigenvalue weighted by Crippen LogP contribution is 2.36. The highest BCUT2D eigenvalue weighted by atomic mass is 16.3. The maximum absolute atomic E-state index is 13.9. The molecule has 6 rings (SSSR count). The van der Waals surface area contributed by atoms with Crippen LogP contribution in [0.25, 0.3) is 11.0 Å². The third kappa shape index (κ3) is 5.29. The number of aliphatic hydroxyl groups is 1. The Morgan fingerprint density at radius 1 is 1.05 bits per heavy atom. The van der Waals surface area contributed by atoms with Crippen molar-refractivity contribution in [2.75, 3.05) is 26.2 Å². The van der Waals surface area contributed by atoms with E-state index in [1.165, 1.54) is 10.9 Å². The number of fused-ring (bicyclic) bond motifs is 1. The Labute approximate surface area is 238 Å². The summed E-state index contributed by atoms with van der Waals surface area (Å²) in [5.41, 5.74) is 0.968. The minimum Gasteiger partial charge on any atom is -0.388 e. The highest BCUT2D eigenvalue weighted by Gasteiger charge is 2.41. The molecule has 4 aromatic rings. The van der Waals surface area contributed by atoms with Gasteiger partial charge in [-0.05, 0) is 49.1 Å². The lowest BCUT2D eigenvalue weighted by Crippen LogP contribution is -2.53. The lowest BCUT2D eigenvalue weighted by Gasteiger charge is -2.43. The third-order valence-electron chi connectivity index (χ3n) is 8.72. The number of benzene rings is 2. The summed E-state index contributed by atoms with van der Waals surface area (Å²) >= 11 is 0. The fraction of sp³-hybridized carbons (Fsp3) is 0.375. The molecule has 2 aliphatic heterocycles. The summed E-state index contributed by atoms with van der Waals surface area (Å²) in [6.07, 6.45) is 4.60. The Balaban J connectivity index is 1.15. The largest absolute Gasteiger partial charge is 0.388 e. The first-order valence-electron chi connectivity index (χ1n) is 14.1. The minimum absolute atomic E-state index is 0.0462. The number of carbonyl (C=O) groups excluding carboxylic acids is 2. The standard InChI is InChI=1S/C32H34N5O4/c1-34-16-12-26-28(34)33-22-37(31(26)40)21-32(41)14-18-35(19-15-32)30(39)25-13-17-36(29(38)24-10-6-3-7-11-24)20-27(25)23-8-4-2-5-9-23/h2-6,8-12,16,22,25,27,41H,13-15,17-21H2,1H3/t25-,27+/m1/s1. The van der Waals surface area contributed by atoms with E-state index in [-0.39, 0.29) is 35.8 Å². The van der Waals surface area contributed by atoms with Crippen LogP contribution in [0.2, 0.25) is 0 Å². The van der Waals surface area contributed by atoms with Crippen LogP contribution in [0, 0.1) is 12.0 Å². The number of aryl methyl sites for hydroxylation is 1. The van der Waals surface area contributed by atoms with Crippen LogP contribution < -0.4 is 5.56 Å². The van der Waals surface area contributed by atoms with Crippen LogP contribution in [0.4, 0.5) is 0 Å². The van der Waals surface area contributed by atoms with Crippen LogP contribution in [0.3, 0.4) is 0 Å². The molecule has 0 unspecified atom stereocenters. The van der Waals surface area contributed by atoms with Crippen LogP contribution in [0.15, 0.2) is 78.0 Å². The summed E-state index contributed by atoms with van der Waals surface area (Å²) in [6.45, 7) is 1.92. The fourth-order valence-corrected chi connectivity index (χ4v) is 6.33. The van der Waals surface area contributed by atoms with E-state index in [9.17, 15) is 19.5 Å². The van der Waals surface area contributed by atoms with Gasteiger partial charge in [-0.25, -0.2) is 4.98 Å². The van der Waals surface area contributed by atoms with Gasteiger partial charge in [0.1, 0.15) is 12.0 Å². The highest BCUT2D eigenvalue weighted by molar-refractivity contribution is 5.94. The molecule has 2 aromatic heterocycles. The number of amides is 2. The zero-order chi connectivity index (χ0) is 28.6. The molecular weight excluding hydrogens is 518 g/mol. The summed E-state index contributed by atoms with van der Waals surface area (Å²) in [4.78, 5) is 48.2. The smallest absolute Gasteiger partial charge is 0.262 e. The number of nitrogens with zero attached hydrogens (tertiary/aromatic N) is 5.